The fourth-order valence-electron chi connectivity index (χ4n) is 2.65. The Morgan fingerprint density at radius 2 is 1.89 bits per heavy atom. The van der Waals surface area contributed by atoms with E-state index in [1.54, 1.807) is 0 Å². The van der Waals surface area contributed by atoms with Crippen molar-refractivity contribution in [3.8, 4) is 0 Å². The summed E-state index contributed by atoms with van der Waals surface area (Å²) in [5.41, 5.74) is 4.61. The first-order valence-corrected chi connectivity index (χ1v) is 6.55. The van der Waals surface area contributed by atoms with Crippen LogP contribution in [0.4, 0.5) is 11.4 Å². The molecule has 1 heterocycles. The summed E-state index contributed by atoms with van der Waals surface area (Å²) in [5.74, 6) is 0. The van der Waals surface area contributed by atoms with Gasteiger partial charge in [-0.05, 0) is 19.8 Å². The van der Waals surface area contributed by atoms with Crippen LogP contribution in [-0.4, -0.2) is 14.7 Å². The van der Waals surface area contributed by atoms with Gasteiger partial charge < -0.3 is 5.73 Å². The molecule has 0 unspecified atom stereocenters. The van der Waals surface area contributed by atoms with Crippen molar-refractivity contribution < 1.29 is 4.92 Å². The van der Waals surface area contributed by atoms with Crippen molar-refractivity contribution in [1.29, 1.82) is 0 Å². The number of hydrogen-bond donors (Lipinski definition) is 1. The van der Waals surface area contributed by atoms with Gasteiger partial charge in [0.25, 0.3) is 5.56 Å². The highest BCUT2D eigenvalue weighted by Gasteiger charge is 2.25. The number of aryl methyl sites for hydroxylation is 1. The lowest BCUT2D eigenvalue weighted by atomic mass is 10.1. The second-order valence-electron chi connectivity index (χ2n) is 5.00. The summed E-state index contributed by atoms with van der Waals surface area (Å²) in [6, 6.07) is 0.0109. The molecule has 0 aromatic carbocycles. The van der Waals surface area contributed by atoms with Crippen molar-refractivity contribution in [2.75, 3.05) is 5.73 Å². The summed E-state index contributed by atoms with van der Waals surface area (Å²) in [6.07, 6.45) is 6.18. The summed E-state index contributed by atoms with van der Waals surface area (Å²) in [7, 11) is 0. The Bertz CT molecular complexity index is 545. The van der Waals surface area contributed by atoms with Gasteiger partial charge in [0.2, 0.25) is 0 Å². The minimum Gasteiger partial charge on any atom is -0.389 e. The molecule has 1 aromatic rings. The standard InChI is InChI=1S/C12H18N4O3/c1-8-11(16(18)19)10(13)12(17)15(14-8)9-6-4-2-3-5-7-9/h9H,2-7,13H2,1H3. The Kier molecular flexibility index (Phi) is 3.82. The molecule has 7 nitrogen and oxygen atoms in total. The predicted octanol–water partition coefficient (Wildman–Crippen LogP) is 1.94. The van der Waals surface area contributed by atoms with Crippen molar-refractivity contribution in [2.24, 2.45) is 0 Å². The normalized spacial score (nSPS) is 17.1. The number of rotatable bonds is 2. The lowest BCUT2D eigenvalue weighted by Gasteiger charge is -2.17. The van der Waals surface area contributed by atoms with E-state index in [-0.39, 0.29) is 23.1 Å². The first-order chi connectivity index (χ1) is 9.02. The molecule has 1 fully saturated rings. The molecule has 1 aliphatic rings. The molecule has 0 bridgehead atoms. The van der Waals surface area contributed by atoms with Gasteiger partial charge in [-0.25, -0.2) is 4.68 Å². The van der Waals surface area contributed by atoms with E-state index in [1.807, 2.05) is 0 Å². The van der Waals surface area contributed by atoms with Crippen LogP contribution < -0.4 is 11.3 Å². The van der Waals surface area contributed by atoms with E-state index in [4.69, 9.17) is 5.73 Å². The number of aromatic nitrogens is 2. The summed E-state index contributed by atoms with van der Waals surface area (Å²) < 4.78 is 1.35. The molecule has 104 valence electrons. The van der Waals surface area contributed by atoms with Gasteiger partial charge in [0.15, 0.2) is 5.69 Å². The first kappa shape index (κ1) is 13.5. The van der Waals surface area contributed by atoms with E-state index in [0.29, 0.717) is 0 Å². The largest absolute Gasteiger partial charge is 0.389 e. The maximum absolute atomic E-state index is 12.1. The van der Waals surface area contributed by atoms with Gasteiger partial charge in [-0.3, -0.25) is 14.9 Å². The molecule has 1 aliphatic carbocycles. The summed E-state index contributed by atoms with van der Waals surface area (Å²) in [4.78, 5) is 22.4. The Hall–Kier alpha value is -1.92. The Morgan fingerprint density at radius 3 is 2.42 bits per heavy atom. The van der Waals surface area contributed by atoms with Gasteiger partial charge in [0, 0.05) is 0 Å². The van der Waals surface area contributed by atoms with E-state index in [2.05, 4.69) is 5.10 Å². The van der Waals surface area contributed by atoms with Crippen LogP contribution in [0.5, 0.6) is 0 Å². The first-order valence-electron chi connectivity index (χ1n) is 6.55. The lowest BCUT2D eigenvalue weighted by molar-refractivity contribution is -0.385. The van der Waals surface area contributed by atoms with Gasteiger partial charge in [0.05, 0.1) is 11.0 Å². The van der Waals surface area contributed by atoms with Crippen LogP contribution in [0.2, 0.25) is 0 Å². The number of nitrogens with two attached hydrogens (primary N) is 1. The lowest BCUT2D eigenvalue weighted by Crippen LogP contribution is -2.31. The molecule has 0 atom stereocenters. The number of hydrogen-bond acceptors (Lipinski definition) is 5. The molecule has 0 spiro atoms. The van der Waals surface area contributed by atoms with Gasteiger partial charge >= 0.3 is 5.69 Å². The van der Waals surface area contributed by atoms with Crippen LogP contribution in [0.15, 0.2) is 4.79 Å². The molecule has 7 heteroatoms. The zero-order valence-electron chi connectivity index (χ0n) is 11.0. The number of nitrogens with zero attached hydrogens (tertiary/aromatic N) is 3. The molecule has 2 N–H and O–H groups in total. The Balaban J connectivity index is 2.47. The van der Waals surface area contributed by atoms with E-state index >= 15 is 0 Å². The molecule has 2 rings (SSSR count). The molecule has 0 aliphatic heterocycles. The highest BCUT2D eigenvalue weighted by atomic mass is 16.6. The van der Waals surface area contributed by atoms with Crippen LogP contribution in [0.3, 0.4) is 0 Å². The molecule has 0 radical (unpaired) electrons. The van der Waals surface area contributed by atoms with Gasteiger partial charge in [0.1, 0.15) is 5.69 Å². The smallest absolute Gasteiger partial charge is 0.320 e. The van der Waals surface area contributed by atoms with Crippen molar-refractivity contribution in [3.05, 3.63) is 26.2 Å². The van der Waals surface area contributed by atoms with E-state index in [0.717, 1.165) is 38.5 Å². The molecule has 19 heavy (non-hydrogen) atoms. The maximum Gasteiger partial charge on any atom is 0.320 e. The van der Waals surface area contributed by atoms with Gasteiger partial charge in [-0.15, -0.1) is 0 Å². The van der Waals surface area contributed by atoms with Gasteiger partial charge in [-0.2, -0.15) is 5.10 Å². The quantitative estimate of drug-likeness (QED) is 0.500. The maximum atomic E-state index is 12.1. The third-order valence-electron chi connectivity index (χ3n) is 3.65. The van der Waals surface area contributed by atoms with Crippen LogP contribution in [0.1, 0.15) is 50.3 Å². The number of nitro groups is 1. The Labute approximate surface area is 110 Å². The second-order valence-corrected chi connectivity index (χ2v) is 5.00. The fourth-order valence-corrected chi connectivity index (χ4v) is 2.65. The van der Waals surface area contributed by atoms with Crippen LogP contribution in [0.25, 0.3) is 0 Å². The molecule has 1 saturated carbocycles. The topological polar surface area (TPSA) is 104 Å². The minimum atomic E-state index is -0.642. The highest BCUT2D eigenvalue weighted by Crippen LogP contribution is 2.27. The van der Waals surface area contributed by atoms with E-state index in [1.165, 1.54) is 11.6 Å². The van der Waals surface area contributed by atoms with Crippen molar-refractivity contribution in [1.82, 2.24) is 9.78 Å². The van der Waals surface area contributed by atoms with Crippen molar-refractivity contribution >= 4 is 11.4 Å². The molecule has 0 amide bonds. The average Bonchev–Trinajstić information content (AvgIpc) is 2.62. The van der Waals surface area contributed by atoms with Crippen LogP contribution >= 0.6 is 0 Å². The van der Waals surface area contributed by atoms with Gasteiger partial charge in [-0.1, -0.05) is 25.7 Å². The summed E-state index contributed by atoms with van der Waals surface area (Å²) in [5, 5.41) is 15.0. The average molecular weight is 266 g/mol. The Morgan fingerprint density at radius 1 is 1.32 bits per heavy atom. The third kappa shape index (κ3) is 2.59. The monoisotopic (exact) mass is 266 g/mol. The SMILES string of the molecule is Cc1nn(C2CCCCCC2)c(=O)c(N)c1[N+](=O)[O-]. The fraction of sp³-hybridized carbons (Fsp3) is 0.667. The van der Waals surface area contributed by atoms with E-state index in [9.17, 15) is 14.9 Å². The van der Waals surface area contributed by atoms with Crippen molar-refractivity contribution in [2.45, 2.75) is 51.5 Å². The van der Waals surface area contributed by atoms with Crippen LogP contribution in [0, 0.1) is 17.0 Å². The van der Waals surface area contributed by atoms with E-state index < -0.39 is 10.5 Å². The minimum absolute atomic E-state index is 0.0109. The number of nitrogen functional groups attached to an aromatic ring is 1. The molecular weight excluding hydrogens is 248 g/mol. The second kappa shape index (κ2) is 5.38. The number of anilines is 1. The highest BCUT2D eigenvalue weighted by molar-refractivity contribution is 5.58. The third-order valence-corrected chi connectivity index (χ3v) is 3.65. The predicted molar refractivity (Wildman–Crippen MR) is 71.0 cm³/mol. The zero-order valence-corrected chi connectivity index (χ0v) is 11.0. The van der Waals surface area contributed by atoms with Crippen LogP contribution in [-0.2, 0) is 0 Å². The molecular formula is C12H18N4O3. The molecule has 0 saturated heterocycles. The summed E-state index contributed by atoms with van der Waals surface area (Å²) in [6.45, 7) is 1.52. The van der Waals surface area contributed by atoms with Crippen molar-refractivity contribution in [3.63, 3.8) is 0 Å². The molecule has 1 aromatic heterocycles. The zero-order chi connectivity index (χ0) is 14.0. The summed E-state index contributed by atoms with van der Waals surface area (Å²) >= 11 is 0.